The largest absolute Gasteiger partial charge is 0.369 e. The summed E-state index contributed by atoms with van der Waals surface area (Å²) in [4.78, 5) is 27.4. The van der Waals surface area contributed by atoms with E-state index in [4.69, 9.17) is 21.9 Å². The van der Waals surface area contributed by atoms with Crippen LogP contribution in [0.25, 0.3) is 11.3 Å². The van der Waals surface area contributed by atoms with Crippen LogP contribution >= 0.6 is 11.6 Å². The van der Waals surface area contributed by atoms with E-state index in [-0.39, 0.29) is 24.1 Å². The first-order chi connectivity index (χ1) is 12.0. The lowest BCUT2D eigenvalue weighted by Gasteiger charge is -2.20. The van der Waals surface area contributed by atoms with Gasteiger partial charge in [0.1, 0.15) is 5.69 Å². The van der Waals surface area contributed by atoms with Gasteiger partial charge in [0.15, 0.2) is 0 Å². The Morgan fingerprint density at radius 2 is 2.04 bits per heavy atom. The second-order valence-corrected chi connectivity index (χ2v) is 6.41. The number of hydrogen-bond acceptors (Lipinski definition) is 5. The third-order valence-electron chi connectivity index (χ3n) is 4.10. The Kier molecular flexibility index (Phi) is 5.35. The van der Waals surface area contributed by atoms with Crippen LogP contribution in [0.15, 0.2) is 34.9 Å². The second kappa shape index (κ2) is 7.67. The van der Waals surface area contributed by atoms with Gasteiger partial charge in [0.05, 0.1) is 6.54 Å². The fraction of sp³-hybridized carbons (Fsp3) is 0.353. The van der Waals surface area contributed by atoms with Crippen LogP contribution in [0.4, 0.5) is 0 Å². The minimum Gasteiger partial charge on any atom is -0.369 e. The van der Waals surface area contributed by atoms with Gasteiger partial charge in [-0.05, 0) is 18.6 Å². The monoisotopic (exact) mass is 362 g/mol. The molecule has 0 bridgehead atoms. The molecular weight excluding hydrogens is 344 g/mol. The molecule has 1 saturated heterocycles. The smallest absolute Gasteiger partial charge is 0.292 e. The molecule has 2 heterocycles. The first-order valence-corrected chi connectivity index (χ1v) is 8.43. The van der Waals surface area contributed by atoms with E-state index in [1.54, 1.807) is 23.1 Å². The zero-order valence-corrected chi connectivity index (χ0v) is 14.4. The van der Waals surface area contributed by atoms with Crippen molar-refractivity contribution >= 4 is 23.4 Å². The first-order valence-electron chi connectivity index (χ1n) is 8.05. The van der Waals surface area contributed by atoms with E-state index in [9.17, 15) is 9.59 Å². The summed E-state index contributed by atoms with van der Waals surface area (Å²) in [5, 5.41) is 4.56. The first kappa shape index (κ1) is 17.4. The predicted octanol–water partition coefficient (Wildman–Crippen LogP) is 1.63. The van der Waals surface area contributed by atoms with Crippen LogP contribution in [-0.4, -0.2) is 59.5 Å². The number of rotatable bonds is 4. The fourth-order valence-electron chi connectivity index (χ4n) is 2.87. The van der Waals surface area contributed by atoms with Crippen LogP contribution in [0.1, 0.15) is 17.0 Å². The molecule has 0 spiro atoms. The normalized spacial score (nSPS) is 15.8. The fourth-order valence-corrected chi connectivity index (χ4v) is 3.06. The van der Waals surface area contributed by atoms with Crippen LogP contribution in [0, 0.1) is 0 Å². The third-order valence-corrected chi connectivity index (χ3v) is 4.33. The topological polar surface area (TPSA) is 92.7 Å². The molecule has 2 N–H and O–H groups in total. The Labute approximate surface area is 150 Å². The molecule has 8 heteroatoms. The molecular formula is C17H19ClN4O3. The maximum Gasteiger partial charge on any atom is 0.292 e. The number of carbonyl (C=O) groups excluding carboxylic acids is 2. The summed E-state index contributed by atoms with van der Waals surface area (Å²) >= 11 is 5.98. The van der Waals surface area contributed by atoms with Crippen LogP contribution in [0.5, 0.6) is 0 Å². The molecule has 0 atom stereocenters. The highest BCUT2D eigenvalue weighted by Crippen LogP contribution is 2.23. The lowest BCUT2D eigenvalue weighted by atomic mass is 10.1. The standard InChI is InChI=1S/C17H19ClN4O3/c18-13-4-1-3-12(9-13)14-10-15(25-20-14)17(24)22-6-2-5-21(7-8-22)11-16(19)23/h1,3-4,9-10H,2,5-8,11H2,(H2,19,23). The van der Waals surface area contributed by atoms with Gasteiger partial charge in [-0.25, -0.2) is 0 Å². The predicted molar refractivity (Wildman–Crippen MR) is 93.1 cm³/mol. The summed E-state index contributed by atoms with van der Waals surface area (Å²) in [6.45, 7) is 2.66. The van der Waals surface area contributed by atoms with E-state index in [1.165, 1.54) is 0 Å². The van der Waals surface area contributed by atoms with Crippen molar-refractivity contribution in [2.75, 3.05) is 32.7 Å². The minimum atomic E-state index is -0.360. The lowest BCUT2D eigenvalue weighted by Crippen LogP contribution is -2.38. The molecule has 3 rings (SSSR count). The molecule has 0 saturated carbocycles. The minimum absolute atomic E-state index is 0.193. The molecule has 1 fully saturated rings. The van der Waals surface area contributed by atoms with Crippen LogP contribution in [0.3, 0.4) is 0 Å². The summed E-state index contributed by atoms with van der Waals surface area (Å²) in [5.41, 5.74) is 6.59. The number of amides is 2. The number of hydrogen-bond donors (Lipinski definition) is 1. The number of nitrogens with two attached hydrogens (primary N) is 1. The quantitative estimate of drug-likeness (QED) is 0.892. The maximum absolute atomic E-state index is 12.6. The van der Waals surface area contributed by atoms with Crippen molar-refractivity contribution in [1.29, 1.82) is 0 Å². The SMILES string of the molecule is NC(=O)CN1CCCN(C(=O)c2cc(-c3cccc(Cl)c3)no2)CC1. The van der Waals surface area contributed by atoms with E-state index in [2.05, 4.69) is 5.16 Å². The van der Waals surface area contributed by atoms with Crippen molar-refractivity contribution in [1.82, 2.24) is 15.0 Å². The summed E-state index contributed by atoms with van der Waals surface area (Å²) in [7, 11) is 0. The zero-order valence-electron chi connectivity index (χ0n) is 13.7. The van der Waals surface area contributed by atoms with Gasteiger partial charge >= 0.3 is 0 Å². The maximum atomic E-state index is 12.6. The number of benzene rings is 1. The Morgan fingerprint density at radius 1 is 1.20 bits per heavy atom. The van der Waals surface area contributed by atoms with Gasteiger partial charge < -0.3 is 15.2 Å². The van der Waals surface area contributed by atoms with Gasteiger partial charge in [0.25, 0.3) is 5.91 Å². The molecule has 0 unspecified atom stereocenters. The van der Waals surface area contributed by atoms with Crippen molar-refractivity contribution in [3.63, 3.8) is 0 Å². The highest BCUT2D eigenvalue weighted by atomic mass is 35.5. The highest BCUT2D eigenvalue weighted by molar-refractivity contribution is 6.30. The number of aromatic nitrogens is 1. The van der Waals surface area contributed by atoms with E-state index < -0.39 is 0 Å². The molecule has 1 aliphatic rings. The van der Waals surface area contributed by atoms with E-state index in [0.29, 0.717) is 30.4 Å². The Bertz CT molecular complexity index is 777. The summed E-state index contributed by atoms with van der Waals surface area (Å²) in [6.07, 6.45) is 0.772. The van der Waals surface area contributed by atoms with Crippen molar-refractivity contribution < 1.29 is 14.1 Å². The van der Waals surface area contributed by atoms with E-state index in [1.807, 2.05) is 17.0 Å². The molecule has 1 aromatic heterocycles. The average molecular weight is 363 g/mol. The second-order valence-electron chi connectivity index (χ2n) is 5.97. The Balaban J connectivity index is 1.68. The Hall–Kier alpha value is -2.38. The summed E-state index contributed by atoms with van der Waals surface area (Å²) < 4.78 is 5.23. The average Bonchev–Trinajstić information content (AvgIpc) is 2.96. The Morgan fingerprint density at radius 3 is 2.80 bits per heavy atom. The van der Waals surface area contributed by atoms with Crippen molar-refractivity contribution in [2.24, 2.45) is 5.73 Å². The number of carbonyl (C=O) groups is 2. The zero-order chi connectivity index (χ0) is 17.8. The number of nitrogens with zero attached hydrogens (tertiary/aromatic N) is 3. The van der Waals surface area contributed by atoms with Gasteiger partial charge in [-0.15, -0.1) is 0 Å². The summed E-state index contributed by atoms with van der Waals surface area (Å²) in [5.74, 6) is -0.374. The molecule has 25 heavy (non-hydrogen) atoms. The molecule has 1 aromatic carbocycles. The molecule has 2 amide bonds. The number of primary amides is 1. The van der Waals surface area contributed by atoms with Crippen molar-refractivity contribution in [2.45, 2.75) is 6.42 Å². The van der Waals surface area contributed by atoms with Gasteiger partial charge in [0, 0.05) is 42.8 Å². The van der Waals surface area contributed by atoms with Crippen LogP contribution < -0.4 is 5.73 Å². The van der Waals surface area contributed by atoms with Crippen molar-refractivity contribution in [3.05, 3.63) is 41.1 Å². The van der Waals surface area contributed by atoms with Gasteiger partial charge in [0.2, 0.25) is 11.7 Å². The van der Waals surface area contributed by atoms with E-state index in [0.717, 1.165) is 18.5 Å². The van der Waals surface area contributed by atoms with E-state index >= 15 is 0 Å². The highest BCUT2D eigenvalue weighted by Gasteiger charge is 2.24. The lowest BCUT2D eigenvalue weighted by molar-refractivity contribution is -0.119. The van der Waals surface area contributed by atoms with Gasteiger partial charge in [-0.3, -0.25) is 14.5 Å². The van der Waals surface area contributed by atoms with Gasteiger partial charge in [-0.2, -0.15) is 0 Å². The molecule has 0 radical (unpaired) electrons. The number of halogens is 1. The molecule has 0 aliphatic carbocycles. The summed E-state index contributed by atoms with van der Waals surface area (Å²) in [6, 6.07) is 8.83. The van der Waals surface area contributed by atoms with Crippen LogP contribution in [0.2, 0.25) is 5.02 Å². The van der Waals surface area contributed by atoms with Crippen molar-refractivity contribution in [3.8, 4) is 11.3 Å². The molecule has 1 aliphatic heterocycles. The molecule has 7 nitrogen and oxygen atoms in total. The van der Waals surface area contributed by atoms with Gasteiger partial charge in [-0.1, -0.05) is 28.9 Å². The third kappa shape index (κ3) is 4.37. The molecule has 132 valence electrons. The van der Waals surface area contributed by atoms with Crippen LogP contribution in [-0.2, 0) is 4.79 Å². The molecule has 2 aromatic rings.